The van der Waals surface area contributed by atoms with Crippen LogP contribution in [0.1, 0.15) is 24.8 Å². The van der Waals surface area contributed by atoms with Gasteiger partial charge in [-0.25, -0.2) is 18.7 Å². The molecule has 0 aliphatic carbocycles. The van der Waals surface area contributed by atoms with Crippen LogP contribution in [0.25, 0.3) is 0 Å². The number of nitrogens with one attached hydrogen (secondary N) is 1. The fourth-order valence-corrected chi connectivity index (χ4v) is 3.96. The third kappa shape index (κ3) is 3.99. The molecule has 7 heteroatoms. The summed E-state index contributed by atoms with van der Waals surface area (Å²) in [6.45, 7) is 3.25. The molecule has 2 saturated heterocycles. The lowest BCUT2D eigenvalue weighted by Gasteiger charge is -2.39. The van der Waals surface area contributed by atoms with Crippen LogP contribution in [-0.2, 0) is 11.3 Å². The topological polar surface area (TPSA) is 50.3 Å². The Hall–Kier alpha value is -2.12. The van der Waals surface area contributed by atoms with Crippen molar-refractivity contribution in [3.05, 3.63) is 53.9 Å². The Balaban J connectivity index is 1.36. The third-order valence-electron chi connectivity index (χ3n) is 5.10. The highest BCUT2D eigenvalue weighted by Gasteiger charge is 2.43. The summed E-state index contributed by atoms with van der Waals surface area (Å²) in [6.07, 6.45) is 5.28. The summed E-state index contributed by atoms with van der Waals surface area (Å²) in [5.74, 6) is -0.227. The van der Waals surface area contributed by atoms with Gasteiger partial charge in [-0.1, -0.05) is 12.1 Å². The summed E-state index contributed by atoms with van der Waals surface area (Å²) in [4.78, 5) is 10.3. The van der Waals surface area contributed by atoms with E-state index in [0.29, 0.717) is 12.6 Å². The molecule has 0 amide bonds. The predicted octanol–water partition coefficient (Wildman–Crippen LogP) is 2.99. The van der Waals surface area contributed by atoms with Crippen molar-refractivity contribution in [2.45, 2.75) is 37.5 Å². The van der Waals surface area contributed by atoms with Crippen LogP contribution in [0.3, 0.4) is 0 Å². The zero-order valence-corrected chi connectivity index (χ0v) is 14.5. The number of hydrogen-bond acceptors (Lipinski definition) is 5. The second kappa shape index (κ2) is 7.25. The number of benzene rings is 1. The van der Waals surface area contributed by atoms with E-state index < -0.39 is 5.82 Å². The molecule has 0 saturated carbocycles. The molecule has 138 valence electrons. The van der Waals surface area contributed by atoms with E-state index in [1.807, 2.05) is 12.1 Å². The van der Waals surface area contributed by atoms with Crippen LogP contribution in [0.15, 0.2) is 36.7 Å². The summed E-state index contributed by atoms with van der Waals surface area (Å²) in [5.41, 5.74) is 0.937. The summed E-state index contributed by atoms with van der Waals surface area (Å²) in [6, 6.07) is 6.80. The molecule has 1 spiro atoms. The van der Waals surface area contributed by atoms with Gasteiger partial charge in [0.2, 0.25) is 5.95 Å². The van der Waals surface area contributed by atoms with Crippen LogP contribution in [-0.4, -0.2) is 46.2 Å². The molecule has 0 radical (unpaired) electrons. The van der Waals surface area contributed by atoms with Crippen LogP contribution in [0, 0.1) is 11.6 Å². The molecule has 2 atom stereocenters. The number of ether oxygens (including phenoxy) is 1. The first kappa shape index (κ1) is 17.3. The van der Waals surface area contributed by atoms with Gasteiger partial charge in [0, 0.05) is 19.5 Å². The minimum Gasteiger partial charge on any atom is -0.371 e. The zero-order chi connectivity index (χ0) is 18.0. The molecule has 4 rings (SSSR count). The van der Waals surface area contributed by atoms with Crippen molar-refractivity contribution in [2.24, 2.45) is 0 Å². The molecule has 2 aliphatic heterocycles. The minimum absolute atomic E-state index is 0.117. The average Bonchev–Trinajstić information content (AvgIpc) is 3.01. The van der Waals surface area contributed by atoms with E-state index in [1.165, 1.54) is 12.1 Å². The van der Waals surface area contributed by atoms with Crippen molar-refractivity contribution in [3.8, 4) is 0 Å². The van der Waals surface area contributed by atoms with Gasteiger partial charge in [0.25, 0.3) is 0 Å². The number of aromatic nitrogens is 2. The summed E-state index contributed by atoms with van der Waals surface area (Å²) >= 11 is 0. The average molecular weight is 360 g/mol. The van der Waals surface area contributed by atoms with Gasteiger partial charge in [-0.05, 0) is 37.1 Å². The molecule has 1 N–H and O–H groups in total. The molecule has 1 aromatic heterocycles. The Kier molecular flexibility index (Phi) is 4.82. The second-order valence-corrected chi connectivity index (χ2v) is 7.20. The second-order valence-electron chi connectivity index (χ2n) is 7.20. The van der Waals surface area contributed by atoms with Crippen molar-refractivity contribution in [1.82, 2.24) is 14.9 Å². The normalized spacial score (nSPS) is 26.3. The molecule has 0 bridgehead atoms. The molecule has 1 aromatic carbocycles. The van der Waals surface area contributed by atoms with Crippen LogP contribution in [0.5, 0.6) is 0 Å². The van der Waals surface area contributed by atoms with E-state index in [0.717, 1.165) is 56.9 Å². The largest absolute Gasteiger partial charge is 0.371 e. The van der Waals surface area contributed by atoms with Gasteiger partial charge in [-0.15, -0.1) is 0 Å². The van der Waals surface area contributed by atoms with Crippen molar-refractivity contribution >= 4 is 5.95 Å². The smallest absolute Gasteiger partial charge is 0.223 e. The van der Waals surface area contributed by atoms with E-state index in [4.69, 9.17) is 4.74 Å². The number of halogens is 2. The molecular weight excluding hydrogens is 338 g/mol. The monoisotopic (exact) mass is 360 g/mol. The predicted molar refractivity (Wildman–Crippen MR) is 93.6 cm³/mol. The van der Waals surface area contributed by atoms with E-state index in [1.54, 1.807) is 0 Å². The van der Waals surface area contributed by atoms with Crippen LogP contribution in [0.4, 0.5) is 14.7 Å². The Labute approximate surface area is 151 Å². The maximum atomic E-state index is 13.1. The molecule has 2 fully saturated rings. The summed E-state index contributed by atoms with van der Waals surface area (Å²) in [5, 5.41) is 3.24. The first-order valence-corrected chi connectivity index (χ1v) is 8.95. The Morgan fingerprint density at radius 3 is 2.69 bits per heavy atom. The van der Waals surface area contributed by atoms with Gasteiger partial charge < -0.3 is 10.1 Å². The van der Waals surface area contributed by atoms with E-state index in [-0.39, 0.29) is 17.5 Å². The lowest BCUT2D eigenvalue weighted by molar-refractivity contribution is -0.0533. The van der Waals surface area contributed by atoms with E-state index in [2.05, 4.69) is 20.2 Å². The van der Waals surface area contributed by atoms with E-state index in [9.17, 15) is 8.78 Å². The van der Waals surface area contributed by atoms with Gasteiger partial charge in [-0.3, -0.25) is 4.90 Å². The number of rotatable bonds is 4. The first-order chi connectivity index (χ1) is 12.6. The highest BCUT2D eigenvalue weighted by molar-refractivity contribution is 5.26. The molecule has 26 heavy (non-hydrogen) atoms. The van der Waals surface area contributed by atoms with Gasteiger partial charge in [0.15, 0.2) is 5.82 Å². The molecule has 3 heterocycles. The molecule has 2 aliphatic rings. The standard InChI is InChI=1S/C19H22F2N4O/c20-15-4-2-14(3-5-15)11-25-7-1-6-19(13-25)8-17(12-26-19)24-18-22-9-16(21)10-23-18/h2-5,9-10,17H,1,6-8,11-13H2,(H,22,23,24). The SMILES string of the molecule is Fc1ccc(CN2CCCC3(CC(Nc4ncc(F)cn4)CO3)C2)cc1. The van der Waals surface area contributed by atoms with Crippen molar-refractivity contribution in [2.75, 3.05) is 25.0 Å². The summed E-state index contributed by atoms with van der Waals surface area (Å²) < 4.78 is 32.2. The van der Waals surface area contributed by atoms with Crippen molar-refractivity contribution in [1.29, 1.82) is 0 Å². The zero-order valence-electron chi connectivity index (χ0n) is 14.5. The Bertz CT molecular complexity index is 740. The first-order valence-electron chi connectivity index (χ1n) is 8.95. The summed E-state index contributed by atoms with van der Waals surface area (Å²) in [7, 11) is 0. The Morgan fingerprint density at radius 2 is 1.92 bits per heavy atom. The Morgan fingerprint density at radius 1 is 1.15 bits per heavy atom. The number of piperidine rings is 1. The van der Waals surface area contributed by atoms with Crippen LogP contribution >= 0.6 is 0 Å². The molecular formula is C19H22F2N4O. The maximum Gasteiger partial charge on any atom is 0.223 e. The van der Waals surface area contributed by atoms with Crippen LogP contribution in [0.2, 0.25) is 0 Å². The number of hydrogen-bond donors (Lipinski definition) is 1. The lowest BCUT2D eigenvalue weighted by Crippen LogP contribution is -2.47. The van der Waals surface area contributed by atoms with Crippen molar-refractivity contribution < 1.29 is 13.5 Å². The number of nitrogens with zero attached hydrogens (tertiary/aromatic N) is 3. The highest BCUT2D eigenvalue weighted by Crippen LogP contribution is 2.36. The van der Waals surface area contributed by atoms with Crippen molar-refractivity contribution in [3.63, 3.8) is 0 Å². The minimum atomic E-state index is -0.446. The molecule has 2 unspecified atom stereocenters. The maximum absolute atomic E-state index is 13.1. The highest BCUT2D eigenvalue weighted by atomic mass is 19.1. The van der Waals surface area contributed by atoms with Gasteiger partial charge in [0.1, 0.15) is 5.82 Å². The molecule has 2 aromatic rings. The van der Waals surface area contributed by atoms with Gasteiger partial charge in [0.05, 0.1) is 30.6 Å². The number of likely N-dealkylation sites (tertiary alicyclic amines) is 1. The fourth-order valence-electron chi connectivity index (χ4n) is 3.96. The molecule has 5 nitrogen and oxygen atoms in total. The fraction of sp³-hybridized carbons (Fsp3) is 0.474. The van der Waals surface area contributed by atoms with Gasteiger partial charge >= 0.3 is 0 Å². The van der Waals surface area contributed by atoms with Crippen LogP contribution < -0.4 is 5.32 Å². The van der Waals surface area contributed by atoms with Gasteiger partial charge in [-0.2, -0.15) is 0 Å². The number of anilines is 1. The quantitative estimate of drug-likeness (QED) is 0.908. The lowest BCUT2D eigenvalue weighted by atomic mass is 9.88. The third-order valence-corrected chi connectivity index (χ3v) is 5.10. The van der Waals surface area contributed by atoms with E-state index >= 15 is 0 Å².